The molecule has 0 bridgehead atoms. The lowest BCUT2D eigenvalue weighted by atomic mass is 9.73. The summed E-state index contributed by atoms with van der Waals surface area (Å²) in [6.45, 7) is 11.9. The van der Waals surface area contributed by atoms with Gasteiger partial charge in [-0.3, -0.25) is 0 Å². The number of piperidine rings is 1. The smallest absolute Gasteiger partial charge is 0.356 e. The van der Waals surface area contributed by atoms with Crippen molar-refractivity contribution in [1.82, 2.24) is 14.7 Å². The van der Waals surface area contributed by atoms with Gasteiger partial charge in [-0.25, -0.2) is 9.59 Å². The maximum atomic E-state index is 12.3. The first kappa shape index (κ1) is 29.0. The van der Waals surface area contributed by atoms with Gasteiger partial charge in [-0.05, 0) is 48.8 Å². The Labute approximate surface area is 207 Å². The summed E-state index contributed by atoms with van der Waals surface area (Å²) in [6.07, 6.45) is 7.89. The number of rotatable bonds is 5. The van der Waals surface area contributed by atoms with Crippen LogP contribution in [0, 0.1) is 5.41 Å². The van der Waals surface area contributed by atoms with Crippen LogP contribution in [0.3, 0.4) is 0 Å². The summed E-state index contributed by atoms with van der Waals surface area (Å²) < 4.78 is 1.13. The fourth-order valence-electron chi connectivity index (χ4n) is 3.99. The molecule has 8 heteroatoms. The van der Waals surface area contributed by atoms with Crippen molar-refractivity contribution in [2.75, 3.05) is 13.1 Å². The molecule has 0 aliphatic carbocycles. The molecule has 1 amide bonds. The van der Waals surface area contributed by atoms with Crippen molar-refractivity contribution in [3.8, 4) is 0 Å². The number of carbonyl (C=O) groups excluding carboxylic acids is 1. The van der Waals surface area contributed by atoms with Gasteiger partial charge in [-0.15, -0.1) is 0 Å². The van der Waals surface area contributed by atoms with Gasteiger partial charge in [0.2, 0.25) is 0 Å². The first-order valence-electron chi connectivity index (χ1n) is 11.8. The van der Waals surface area contributed by atoms with Gasteiger partial charge in [0.25, 0.3) is 0 Å². The number of carbonyl (C=O) groups is 2. The SMILES string of the molecule is CC.CCCC1(CC)CCN(C(=O)n2ccc(C(=O)O)n2)CC1.CCc1cccc(Cl)c1Cl. The predicted molar refractivity (Wildman–Crippen MR) is 136 cm³/mol. The number of likely N-dealkylation sites (tertiary alicyclic amines) is 1. The fourth-order valence-corrected chi connectivity index (χ4v) is 4.45. The van der Waals surface area contributed by atoms with Gasteiger partial charge < -0.3 is 10.0 Å². The zero-order chi connectivity index (χ0) is 25.0. The molecule has 0 unspecified atom stereocenters. The number of aromatic carboxylic acids is 1. The van der Waals surface area contributed by atoms with E-state index in [0.29, 0.717) is 15.5 Å². The summed E-state index contributed by atoms with van der Waals surface area (Å²) in [5.41, 5.74) is 1.37. The molecule has 2 aromatic rings. The molecule has 1 saturated heterocycles. The molecule has 2 heterocycles. The highest BCUT2D eigenvalue weighted by molar-refractivity contribution is 6.42. The highest BCUT2D eigenvalue weighted by atomic mass is 35.5. The van der Waals surface area contributed by atoms with Crippen LogP contribution in [0.5, 0.6) is 0 Å². The molecule has 1 aromatic carbocycles. The Balaban J connectivity index is 0.000000380. The first-order valence-corrected chi connectivity index (χ1v) is 12.5. The molecule has 1 aliphatic heterocycles. The Morgan fingerprint density at radius 2 is 1.73 bits per heavy atom. The third-order valence-corrected chi connectivity index (χ3v) is 6.90. The van der Waals surface area contributed by atoms with Gasteiger partial charge >= 0.3 is 12.0 Å². The number of nitrogens with zero attached hydrogens (tertiary/aromatic N) is 3. The van der Waals surface area contributed by atoms with E-state index in [9.17, 15) is 9.59 Å². The van der Waals surface area contributed by atoms with Crippen LogP contribution in [-0.2, 0) is 6.42 Å². The van der Waals surface area contributed by atoms with E-state index in [2.05, 4.69) is 25.9 Å². The van der Waals surface area contributed by atoms with Gasteiger partial charge in [0.05, 0.1) is 10.0 Å². The van der Waals surface area contributed by atoms with Crippen molar-refractivity contribution in [3.05, 3.63) is 51.8 Å². The van der Waals surface area contributed by atoms with E-state index in [4.69, 9.17) is 28.3 Å². The zero-order valence-corrected chi connectivity index (χ0v) is 21.9. The van der Waals surface area contributed by atoms with Crippen LogP contribution in [-0.4, -0.2) is 44.9 Å². The van der Waals surface area contributed by atoms with Crippen molar-refractivity contribution >= 4 is 35.2 Å². The molecule has 0 saturated carbocycles. The number of hydrogen-bond acceptors (Lipinski definition) is 3. The number of amides is 1. The minimum atomic E-state index is -1.12. The summed E-state index contributed by atoms with van der Waals surface area (Å²) >= 11 is 11.6. The van der Waals surface area contributed by atoms with Gasteiger partial charge in [-0.1, -0.05) is 82.8 Å². The maximum Gasteiger partial charge on any atom is 0.356 e. The van der Waals surface area contributed by atoms with Crippen LogP contribution in [0.1, 0.15) is 82.8 Å². The van der Waals surface area contributed by atoms with E-state index < -0.39 is 5.97 Å². The third kappa shape index (κ3) is 8.04. The molecular formula is C25H37Cl2N3O3. The van der Waals surface area contributed by atoms with Crippen LogP contribution in [0.25, 0.3) is 0 Å². The Morgan fingerprint density at radius 1 is 1.09 bits per heavy atom. The average molecular weight is 498 g/mol. The summed E-state index contributed by atoms with van der Waals surface area (Å²) in [5, 5.41) is 14.0. The second-order valence-electron chi connectivity index (χ2n) is 7.89. The summed E-state index contributed by atoms with van der Waals surface area (Å²) in [7, 11) is 0. The van der Waals surface area contributed by atoms with Gasteiger partial charge in [0.15, 0.2) is 5.69 Å². The second kappa shape index (κ2) is 14.3. The standard InChI is InChI=1S/C15H23N3O3.C8H8Cl2.C2H6/c1-3-6-15(4-2)7-10-17(11-8-15)14(21)18-9-5-12(16-18)13(19)20;1-2-6-4-3-5-7(9)8(6)10;1-2/h5,9H,3-4,6-8,10-11H2,1-2H3,(H,19,20);3-5H,2H2,1H3;1-2H3. The van der Waals surface area contributed by atoms with Crippen LogP contribution in [0.4, 0.5) is 4.79 Å². The van der Waals surface area contributed by atoms with Crippen LogP contribution >= 0.6 is 23.2 Å². The summed E-state index contributed by atoms with van der Waals surface area (Å²) in [5.74, 6) is -1.12. The fraction of sp³-hybridized carbons (Fsp3) is 0.560. The molecule has 184 valence electrons. The molecule has 1 fully saturated rings. The van der Waals surface area contributed by atoms with Crippen molar-refractivity contribution in [2.45, 2.75) is 73.1 Å². The normalized spacial score (nSPS) is 14.5. The average Bonchev–Trinajstić information content (AvgIpc) is 3.34. The van der Waals surface area contributed by atoms with E-state index in [0.717, 1.165) is 49.0 Å². The minimum absolute atomic E-state index is 0.103. The Hall–Kier alpha value is -2.05. The number of carboxylic acid groups (broad SMARTS) is 1. The molecule has 1 aliphatic rings. The van der Waals surface area contributed by atoms with Crippen molar-refractivity contribution < 1.29 is 14.7 Å². The number of hydrogen-bond donors (Lipinski definition) is 1. The Kier molecular flexibility index (Phi) is 12.5. The highest BCUT2D eigenvalue weighted by Gasteiger charge is 2.34. The Morgan fingerprint density at radius 3 is 2.18 bits per heavy atom. The van der Waals surface area contributed by atoms with Crippen LogP contribution < -0.4 is 0 Å². The van der Waals surface area contributed by atoms with E-state index in [-0.39, 0.29) is 11.7 Å². The number of aromatic nitrogens is 2. The molecule has 3 rings (SSSR count). The molecule has 0 spiro atoms. The zero-order valence-electron chi connectivity index (χ0n) is 20.4. The Bertz CT molecular complexity index is 891. The predicted octanol–water partition coefficient (Wildman–Crippen LogP) is 7.42. The third-order valence-electron chi connectivity index (χ3n) is 6.04. The first-order chi connectivity index (χ1) is 15.8. The monoisotopic (exact) mass is 497 g/mol. The van der Waals surface area contributed by atoms with E-state index in [1.807, 2.05) is 26.0 Å². The lowest BCUT2D eigenvalue weighted by molar-refractivity contribution is 0.0689. The molecule has 6 nitrogen and oxygen atoms in total. The van der Waals surface area contributed by atoms with Gasteiger partial charge in [0, 0.05) is 19.3 Å². The highest BCUT2D eigenvalue weighted by Crippen LogP contribution is 2.39. The molecule has 33 heavy (non-hydrogen) atoms. The summed E-state index contributed by atoms with van der Waals surface area (Å²) in [6, 6.07) is 6.80. The molecular weight excluding hydrogens is 461 g/mol. The number of aryl methyl sites for hydroxylation is 1. The number of benzene rings is 1. The molecule has 1 N–H and O–H groups in total. The van der Waals surface area contributed by atoms with Gasteiger partial charge in [0.1, 0.15) is 0 Å². The van der Waals surface area contributed by atoms with Crippen molar-refractivity contribution in [1.29, 1.82) is 0 Å². The number of halogens is 2. The largest absolute Gasteiger partial charge is 0.476 e. The molecule has 0 radical (unpaired) electrons. The lowest BCUT2D eigenvalue weighted by Gasteiger charge is -2.41. The lowest BCUT2D eigenvalue weighted by Crippen LogP contribution is -2.44. The summed E-state index contributed by atoms with van der Waals surface area (Å²) in [4.78, 5) is 24.9. The topological polar surface area (TPSA) is 75.4 Å². The second-order valence-corrected chi connectivity index (χ2v) is 8.68. The quantitative estimate of drug-likeness (QED) is 0.465. The van der Waals surface area contributed by atoms with Crippen molar-refractivity contribution in [2.24, 2.45) is 5.41 Å². The minimum Gasteiger partial charge on any atom is -0.476 e. The van der Waals surface area contributed by atoms with E-state index in [1.165, 1.54) is 25.1 Å². The van der Waals surface area contributed by atoms with E-state index in [1.54, 1.807) is 11.0 Å². The molecule has 0 atom stereocenters. The molecule has 1 aromatic heterocycles. The van der Waals surface area contributed by atoms with E-state index >= 15 is 0 Å². The van der Waals surface area contributed by atoms with Crippen LogP contribution in [0.15, 0.2) is 30.5 Å². The van der Waals surface area contributed by atoms with Crippen molar-refractivity contribution in [3.63, 3.8) is 0 Å². The number of carboxylic acids is 1. The van der Waals surface area contributed by atoms with Crippen LogP contribution in [0.2, 0.25) is 10.0 Å². The van der Waals surface area contributed by atoms with Gasteiger partial charge in [-0.2, -0.15) is 9.78 Å². The maximum absolute atomic E-state index is 12.3.